The molecule has 0 radical (unpaired) electrons. The number of benzene rings is 7. The van der Waals surface area contributed by atoms with Crippen LogP contribution >= 0.6 is 0 Å². The van der Waals surface area contributed by atoms with Crippen LogP contribution in [0.2, 0.25) is 0 Å². The van der Waals surface area contributed by atoms with Crippen molar-refractivity contribution in [3.05, 3.63) is 173 Å². The van der Waals surface area contributed by atoms with Crippen molar-refractivity contribution < 1.29 is 4.42 Å². The average molecular weight is 756 g/mol. The predicted octanol–water partition coefficient (Wildman–Crippen LogP) is 15.9. The van der Waals surface area contributed by atoms with E-state index in [1.165, 1.54) is 61.2 Å². The van der Waals surface area contributed by atoms with E-state index in [2.05, 4.69) is 214 Å². The van der Waals surface area contributed by atoms with E-state index in [9.17, 15) is 0 Å². The normalized spacial score (nSPS) is 15.0. The zero-order chi connectivity index (χ0) is 40.5. The molecule has 0 atom stereocenters. The third-order valence-electron chi connectivity index (χ3n) is 13.3. The molecule has 0 fully saturated rings. The Morgan fingerprint density at radius 2 is 1.02 bits per heavy atom. The summed E-state index contributed by atoms with van der Waals surface area (Å²) in [6.45, 7) is 23.3. The van der Waals surface area contributed by atoms with Gasteiger partial charge in [0.25, 0.3) is 0 Å². The lowest BCUT2D eigenvalue weighted by atomic mass is 9.79. The fraction of sp³-hybridized carbons (Fsp3) is 0.250. The highest BCUT2D eigenvalue weighted by Crippen LogP contribution is 2.55. The van der Waals surface area contributed by atoms with Crippen LogP contribution < -0.4 is 4.90 Å². The van der Waals surface area contributed by atoms with Crippen LogP contribution in [0.3, 0.4) is 0 Å². The van der Waals surface area contributed by atoms with Crippen LogP contribution in [-0.2, 0) is 21.7 Å². The predicted molar refractivity (Wildman–Crippen MR) is 246 cm³/mol. The van der Waals surface area contributed by atoms with Gasteiger partial charge in [0.15, 0.2) is 0 Å². The smallest absolute Gasteiger partial charge is 0.139 e. The molecule has 1 aromatic heterocycles. The first-order chi connectivity index (χ1) is 27.5. The van der Waals surface area contributed by atoms with Gasteiger partial charge in [0, 0.05) is 44.1 Å². The molecule has 0 N–H and O–H groups in total. The quantitative estimate of drug-likeness (QED) is 0.178. The van der Waals surface area contributed by atoms with Gasteiger partial charge in [-0.15, -0.1) is 0 Å². The van der Waals surface area contributed by atoms with E-state index in [0.717, 1.165) is 44.6 Å². The summed E-state index contributed by atoms with van der Waals surface area (Å²) in [5.41, 5.74) is 21.0. The molecule has 7 aromatic carbocycles. The van der Waals surface area contributed by atoms with Crippen molar-refractivity contribution in [1.82, 2.24) is 0 Å². The Morgan fingerprint density at radius 1 is 0.448 bits per heavy atom. The Labute approximate surface area is 344 Å². The van der Waals surface area contributed by atoms with Gasteiger partial charge in [-0.25, -0.2) is 0 Å². The van der Waals surface area contributed by atoms with Gasteiger partial charge < -0.3 is 9.32 Å². The summed E-state index contributed by atoms with van der Waals surface area (Å²) >= 11 is 0. The first kappa shape index (κ1) is 36.5. The Balaban J connectivity index is 1.20. The first-order valence-corrected chi connectivity index (χ1v) is 20.9. The summed E-state index contributed by atoms with van der Waals surface area (Å²) in [5, 5.41) is 2.30. The second-order valence-corrected chi connectivity index (χ2v) is 19.8. The number of hydrogen-bond acceptors (Lipinski definition) is 2. The largest absolute Gasteiger partial charge is 0.456 e. The molecule has 1 heterocycles. The topological polar surface area (TPSA) is 16.4 Å². The van der Waals surface area contributed by atoms with E-state index < -0.39 is 0 Å². The van der Waals surface area contributed by atoms with E-state index >= 15 is 0 Å². The zero-order valence-corrected chi connectivity index (χ0v) is 35.6. The third-order valence-corrected chi connectivity index (χ3v) is 13.3. The highest BCUT2D eigenvalue weighted by molar-refractivity contribution is 6.08. The Hall–Kier alpha value is -5.86. The number of anilines is 3. The molecule has 10 rings (SSSR count). The monoisotopic (exact) mass is 755 g/mol. The Kier molecular flexibility index (Phi) is 7.75. The van der Waals surface area contributed by atoms with Gasteiger partial charge in [-0.05, 0) is 109 Å². The van der Waals surface area contributed by atoms with Crippen molar-refractivity contribution >= 4 is 39.0 Å². The van der Waals surface area contributed by atoms with Gasteiger partial charge >= 0.3 is 0 Å². The van der Waals surface area contributed by atoms with Gasteiger partial charge in [0.2, 0.25) is 0 Å². The van der Waals surface area contributed by atoms with Crippen molar-refractivity contribution in [1.29, 1.82) is 0 Å². The highest BCUT2D eigenvalue weighted by atomic mass is 16.3. The molecule has 0 spiro atoms. The first-order valence-electron chi connectivity index (χ1n) is 20.9. The molecular weight excluding hydrogens is 703 g/mol. The lowest BCUT2D eigenvalue weighted by molar-refractivity contribution is 0.573. The molecule has 0 bridgehead atoms. The molecule has 0 saturated heterocycles. The van der Waals surface area contributed by atoms with Crippen LogP contribution in [-0.4, -0.2) is 0 Å². The minimum absolute atomic E-state index is 0.0250. The summed E-state index contributed by atoms with van der Waals surface area (Å²) < 4.78 is 6.61. The molecule has 2 aliphatic rings. The van der Waals surface area contributed by atoms with Crippen molar-refractivity contribution in [3.8, 4) is 33.4 Å². The minimum Gasteiger partial charge on any atom is -0.456 e. The fourth-order valence-electron chi connectivity index (χ4n) is 10.3. The molecule has 2 heteroatoms. The number of nitrogens with zero attached hydrogens (tertiary/aromatic N) is 1. The van der Waals surface area contributed by atoms with Crippen LogP contribution in [0.4, 0.5) is 17.1 Å². The zero-order valence-electron chi connectivity index (χ0n) is 35.6. The molecule has 0 aliphatic heterocycles. The number of para-hydroxylation sites is 2. The maximum absolute atomic E-state index is 6.61. The third kappa shape index (κ3) is 5.30. The number of rotatable bonds is 4. The van der Waals surface area contributed by atoms with E-state index in [0.29, 0.717) is 0 Å². The molecule has 288 valence electrons. The highest BCUT2D eigenvalue weighted by Gasteiger charge is 2.40. The second-order valence-electron chi connectivity index (χ2n) is 19.8. The molecule has 8 aromatic rings. The van der Waals surface area contributed by atoms with E-state index in [-0.39, 0.29) is 21.7 Å². The van der Waals surface area contributed by atoms with Crippen LogP contribution in [0.5, 0.6) is 0 Å². The Bertz CT molecular complexity index is 2970. The molecule has 2 nitrogen and oxygen atoms in total. The van der Waals surface area contributed by atoms with Crippen molar-refractivity contribution in [2.45, 2.75) is 90.9 Å². The summed E-state index contributed by atoms with van der Waals surface area (Å²) in [6.07, 6.45) is 0. The summed E-state index contributed by atoms with van der Waals surface area (Å²) in [5.74, 6) is 0. The van der Waals surface area contributed by atoms with Crippen molar-refractivity contribution in [3.63, 3.8) is 0 Å². The van der Waals surface area contributed by atoms with E-state index in [1.54, 1.807) is 0 Å². The fourth-order valence-corrected chi connectivity index (χ4v) is 10.3. The summed E-state index contributed by atoms with van der Waals surface area (Å²) in [6, 6.07) is 52.5. The molecule has 58 heavy (non-hydrogen) atoms. The molecule has 0 saturated carbocycles. The molecule has 0 unspecified atom stereocenters. The standard InChI is InChI=1S/C56H53NO/c1-53(2,3)44-21-16-22-45-51(44)41-29-27-36(33-48(41)56(45,9)10)57(35-26-28-39-38-18-11-13-20-43(38)55(7,8)47(39)32-35)49-24-14-12-17-37(49)34-25-30-50-42(31-34)40-19-15-23-46(52(40)58-50)54(4,5)6/h11-33H,1-10H3. The average Bonchev–Trinajstić information content (AvgIpc) is 3.76. The van der Waals surface area contributed by atoms with Crippen LogP contribution in [0.1, 0.15) is 103 Å². The number of furan rings is 1. The minimum atomic E-state index is -0.159. The van der Waals surface area contributed by atoms with Gasteiger partial charge in [-0.2, -0.15) is 0 Å². The summed E-state index contributed by atoms with van der Waals surface area (Å²) in [7, 11) is 0. The number of hydrogen-bond donors (Lipinski definition) is 0. The van der Waals surface area contributed by atoms with E-state index in [4.69, 9.17) is 4.42 Å². The Morgan fingerprint density at radius 3 is 1.74 bits per heavy atom. The summed E-state index contributed by atoms with van der Waals surface area (Å²) in [4.78, 5) is 2.51. The van der Waals surface area contributed by atoms with Crippen molar-refractivity contribution in [2.24, 2.45) is 0 Å². The van der Waals surface area contributed by atoms with Gasteiger partial charge in [0.1, 0.15) is 11.2 Å². The van der Waals surface area contributed by atoms with Crippen LogP contribution in [0.25, 0.3) is 55.3 Å². The molecule has 2 aliphatic carbocycles. The molecule has 0 amide bonds. The number of fused-ring (bicyclic) bond motifs is 9. The lowest BCUT2D eigenvalue weighted by Gasteiger charge is -2.31. The van der Waals surface area contributed by atoms with Crippen LogP contribution in [0, 0.1) is 0 Å². The lowest BCUT2D eigenvalue weighted by Crippen LogP contribution is -2.18. The SMILES string of the molecule is CC(C)(C)c1cccc2c1-c1ccc(N(c3ccc4c(c3)C(C)(C)c3ccccc3-4)c3ccccc3-c3ccc4oc5c(C(C)(C)C)cccc5c4c3)cc1C2(C)C. The van der Waals surface area contributed by atoms with Gasteiger partial charge in [-0.1, -0.05) is 166 Å². The second kappa shape index (κ2) is 12.3. The van der Waals surface area contributed by atoms with E-state index in [1.807, 2.05) is 0 Å². The maximum Gasteiger partial charge on any atom is 0.139 e. The van der Waals surface area contributed by atoms with Gasteiger partial charge in [0.05, 0.1) is 5.69 Å². The van der Waals surface area contributed by atoms with Gasteiger partial charge in [-0.3, -0.25) is 0 Å². The molecular formula is C56H53NO. The maximum atomic E-state index is 6.61. The van der Waals surface area contributed by atoms with Crippen molar-refractivity contribution in [2.75, 3.05) is 4.90 Å². The van der Waals surface area contributed by atoms with Crippen LogP contribution in [0.15, 0.2) is 144 Å².